The Hall–Kier alpha value is -3.67. The Labute approximate surface area is 192 Å². The summed E-state index contributed by atoms with van der Waals surface area (Å²) in [6.07, 6.45) is 5.25. The molecule has 6 nitrogen and oxygen atoms in total. The molecule has 1 fully saturated rings. The van der Waals surface area contributed by atoms with Crippen molar-refractivity contribution in [2.75, 3.05) is 0 Å². The van der Waals surface area contributed by atoms with Crippen LogP contribution >= 0.6 is 0 Å². The molecule has 0 bridgehead atoms. The maximum absolute atomic E-state index is 14.1. The molecule has 3 aromatic rings. The number of carbonyl (C=O) groups is 2. The first-order valence-electron chi connectivity index (χ1n) is 11.5. The van der Waals surface area contributed by atoms with Gasteiger partial charge < -0.3 is 10.8 Å². The first-order valence-corrected chi connectivity index (χ1v) is 11.5. The number of hydrogen-bond acceptors (Lipinski definition) is 4. The fourth-order valence-corrected chi connectivity index (χ4v) is 5.51. The summed E-state index contributed by atoms with van der Waals surface area (Å²) in [7, 11) is 0. The van der Waals surface area contributed by atoms with Crippen LogP contribution in [0.1, 0.15) is 53.6 Å². The van der Waals surface area contributed by atoms with E-state index in [1.54, 1.807) is 23.1 Å². The zero-order valence-corrected chi connectivity index (χ0v) is 18.4. The van der Waals surface area contributed by atoms with Gasteiger partial charge in [-0.2, -0.15) is 0 Å². The smallest absolute Gasteiger partial charge is 0.336 e. The van der Waals surface area contributed by atoms with E-state index in [4.69, 9.17) is 10.7 Å². The molecule has 1 unspecified atom stereocenters. The molecule has 3 aromatic carbocycles. The van der Waals surface area contributed by atoms with E-state index in [0.717, 1.165) is 42.2 Å². The van der Waals surface area contributed by atoms with Crippen LogP contribution in [0.4, 0.5) is 0 Å². The zero-order valence-electron chi connectivity index (χ0n) is 18.4. The number of carboxylic acids is 1. The molecule has 3 N–H and O–H groups in total. The van der Waals surface area contributed by atoms with Gasteiger partial charge in [0.25, 0.3) is 5.91 Å². The van der Waals surface area contributed by atoms with E-state index < -0.39 is 11.5 Å². The van der Waals surface area contributed by atoms with Gasteiger partial charge in [-0.3, -0.25) is 9.69 Å². The molecule has 0 radical (unpaired) electrons. The van der Waals surface area contributed by atoms with Crippen LogP contribution in [0.25, 0.3) is 10.8 Å². The predicted octanol–water partition coefficient (Wildman–Crippen LogP) is 4.67. The number of carboxylic acid groups (broad SMARTS) is 1. The second-order valence-electron chi connectivity index (χ2n) is 8.95. The molecule has 168 valence electrons. The largest absolute Gasteiger partial charge is 0.478 e. The summed E-state index contributed by atoms with van der Waals surface area (Å²) in [4.78, 5) is 32.2. The molecule has 5 rings (SSSR count). The van der Waals surface area contributed by atoms with Crippen LogP contribution in [0, 0.1) is 5.92 Å². The van der Waals surface area contributed by atoms with Crippen LogP contribution in [0.15, 0.2) is 71.7 Å². The summed E-state index contributed by atoms with van der Waals surface area (Å²) < 4.78 is 0. The summed E-state index contributed by atoms with van der Waals surface area (Å²) in [5.74, 6) is -0.738. The predicted molar refractivity (Wildman–Crippen MR) is 128 cm³/mol. The van der Waals surface area contributed by atoms with Crippen LogP contribution in [-0.4, -0.2) is 27.8 Å². The highest BCUT2D eigenvalue weighted by atomic mass is 16.4. The van der Waals surface area contributed by atoms with Gasteiger partial charge in [0.2, 0.25) is 0 Å². The van der Waals surface area contributed by atoms with Crippen molar-refractivity contribution >= 4 is 28.6 Å². The van der Waals surface area contributed by atoms with E-state index in [-0.39, 0.29) is 29.9 Å². The number of hydrogen-bond donors (Lipinski definition) is 2. The average molecular weight is 442 g/mol. The highest BCUT2D eigenvalue weighted by Gasteiger charge is 2.54. The van der Waals surface area contributed by atoms with Gasteiger partial charge in [-0.15, -0.1) is 0 Å². The Morgan fingerprint density at radius 3 is 2.33 bits per heavy atom. The SMILES string of the molecule is NC1=NC(c2ccccc2)(C2CCCCC2)C(=O)N1Cc1ccc(C(=O)O)c2ccccc12. The molecule has 1 heterocycles. The van der Waals surface area contributed by atoms with Gasteiger partial charge in [-0.05, 0) is 46.7 Å². The van der Waals surface area contributed by atoms with Crippen molar-refractivity contribution in [1.29, 1.82) is 0 Å². The van der Waals surface area contributed by atoms with Crippen LogP contribution in [0.5, 0.6) is 0 Å². The molecule has 0 spiro atoms. The quantitative estimate of drug-likeness (QED) is 0.601. The Balaban J connectivity index is 1.56. The molecular weight excluding hydrogens is 414 g/mol. The molecule has 0 aromatic heterocycles. The number of benzene rings is 3. The van der Waals surface area contributed by atoms with Crippen molar-refractivity contribution in [2.45, 2.75) is 44.2 Å². The van der Waals surface area contributed by atoms with Gasteiger partial charge in [0.05, 0.1) is 12.1 Å². The molecule has 1 saturated carbocycles. The molecule has 1 atom stereocenters. The number of fused-ring (bicyclic) bond motifs is 1. The van der Waals surface area contributed by atoms with Gasteiger partial charge in [0.1, 0.15) is 0 Å². The second kappa shape index (κ2) is 8.35. The number of nitrogens with two attached hydrogens (primary N) is 1. The number of aliphatic imine (C=N–C) groups is 1. The lowest BCUT2D eigenvalue weighted by Crippen LogP contribution is -2.46. The van der Waals surface area contributed by atoms with Gasteiger partial charge >= 0.3 is 5.97 Å². The topological polar surface area (TPSA) is 96.0 Å². The lowest BCUT2D eigenvalue weighted by molar-refractivity contribution is -0.134. The fraction of sp³-hybridized carbons (Fsp3) is 0.296. The molecule has 6 heteroatoms. The van der Waals surface area contributed by atoms with Crippen LogP contribution < -0.4 is 5.73 Å². The van der Waals surface area contributed by atoms with Crippen LogP contribution in [0.2, 0.25) is 0 Å². The minimum Gasteiger partial charge on any atom is -0.478 e. The Kier molecular flexibility index (Phi) is 5.36. The molecule has 0 saturated heterocycles. The van der Waals surface area contributed by atoms with Gasteiger partial charge in [0.15, 0.2) is 11.5 Å². The summed E-state index contributed by atoms with van der Waals surface area (Å²) in [6.45, 7) is 0.246. The van der Waals surface area contributed by atoms with Crippen molar-refractivity contribution in [3.8, 4) is 0 Å². The lowest BCUT2D eigenvalue weighted by atomic mass is 9.71. The Morgan fingerprint density at radius 2 is 1.64 bits per heavy atom. The number of guanidine groups is 1. The maximum atomic E-state index is 14.1. The molecule has 1 amide bonds. The molecule has 33 heavy (non-hydrogen) atoms. The standard InChI is InChI=1S/C27H27N3O3/c28-26-29-27(19-9-3-1-4-10-19,20-11-5-2-6-12-20)25(33)30(26)17-18-15-16-23(24(31)32)22-14-8-7-13-21(18)22/h1,3-4,7-10,13-16,20H,2,5-6,11-12,17H2,(H2,28,29)(H,31,32). The number of carbonyl (C=O) groups excluding carboxylic acids is 1. The highest BCUT2D eigenvalue weighted by molar-refractivity contribution is 6.08. The number of nitrogens with zero attached hydrogens (tertiary/aromatic N) is 2. The third kappa shape index (κ3) is 3.46. The number of aromatic carboxylic acids is 1. The summed E-state index contributed by atoms with van der Waals surface area (Å²) in [5, 5.41) is 11.0. The van der Waals surface area contributed by atoms with Gasteiger partial charge in [0, 0.05) is 0 Å². The van der Waals surface area contributed by atoms with Gasteiger partial charge in [-0.1, -0.05) is 79.9 Å². The minimum atomic E-state index is -0.997. The Bertz CT molecular complexity index is 1250. The monoisotopic (exact) mass is 441 g/mol. The average Bonchev–Trinajstić information content (AvgIpc) is 3.10. The first kappa shape index (κ1) is 21.2. The van der Waals surface area contributed by atoms with E-state index in [2.05, 4.69) is 0 Å². The summed E-state index contributed by atoms with van der Waals surface area (Å²) >= 11 is 0. The first-order chi connectivity index (χ1) is 16.0. The molecular formula is C27H27N3O3. The summed E-state index contributed by atoms with van der Waals surface area (Å²) in [5.41, 5.74) is 7.39. The lowest BCUT2D eigenvalue weighted by Gasteiger charge is -2.36. The molecule has 2 aliphatic rings. The number of rotatable bonds is 5. The van der Waals surface area contributed by atoms with Crippen LogP contribution in [-0.2, 0) is 16.9 Å². The second-order valence-corrected chi connectivity index (χ2v) is 8.95. The van der Waals surface area contributed by atoms with E-state index in [1.807, 2.05) is 48.5 Å². The third-order valence-corrected chi connectivity index (χ3v) is 7.12. The number of amides is 1. The van der Waals surface area contributed by atoms with Crippen molar-refractivity contribution in [2.24, 2.45) is 16.6 Å². The normalized spacial score (nSPS) is 21.4. The van der Waals surface area contributed by atoms with Crippen molar-refractivity contribution in [3.05, 3.63) is 83.4 Å². The van der Waals surface area contributed by atoms with E-state index in [1.165, 1.54) is 6.42 Å². The minimum absolute atomic E-state index is 0.0931. The van der Waals surface area contributed by atoms with E-state index in [9.17, 15) is 14.7 Å². The van der Waals surface area contributed by atoms with Crippen molar-refractivity contribution < 1.29 is 14.7 Å². The molecule has 1 aliphatic carbocycles. The Morgan fingerprint density at radius 1 is 0.970 bits per heavy atom. The fourth-order valence-electron chi connectivity index (χ4n) is 5.51. The third-order valence-electron chi connectivity index (χ3n) is 7.12. The zero-order chi connectivity index (χ0) is 23.0. The van der Waals surface area contributed by atoms with Crippen molar-refractivity contribution in [3.63, 3.8) is 0 Å². The van der Waals surface area contributed by atoms with Crippen LogP contribution in [0.3, 0.4) is 0 Å². The highest BCUT2D eigenvalue weighted by Crippen LogP contribution is 2.46. The maximum Gasteiger partial charge on any atom is 0.336 e. The molecule has 1 aliphatic heterocycles. The van der Waals surface area contributed by atoms with E-state index >= 15 is 0 Å². The van der Waals surface area contributed by atoms with Crippen molar-refractivity contribution in [1.82, 2.24) is 4.90 Å². The van der Waals surface area contributed by atoms with E-state index in [0.29, 0.717) is 5.39 Å². The summed E-state index contributed by atoms with van der Waals surface area (Å²) in [6, 6.07) is 20.5. The van der Waals surface area contributed by atoms with Gasteiger partial charge in [-0.25, -0.2) is 9.79 Å².